The van der Waals surface area contributed by atoms with Crippen LogP contribution in [-0.2, 0) is 6.54 Å². The molecule has 0 saturated carbocycles. The lowest BCUT2D eigenvalue weighted by atomic mass is 10.1. The minimum atomic E-state index is 0.440. The Hall–Kier alpha value is -1.02. The molecule has 1 aromatic rings. The number of nitrogens with zero attached hydrogens (tertiary/aromatic N) is 1. The van der Waals surface area contributed by atoms with Gasteiger partial charge in [0, 0.05) is 12.1 Å². The number of hydrogen-bond donors (Lipinski definition) is 1. The number of benzene rings is 1. The van der Waals surface area contributed by atoms with Crippen LogP contribution in [0.2, 0.25) is 0 Å². The zero-order chi connectivity index (χ0) is 11.4. The Kier molecular flexibility index (Phi) is 3.83. The third-order valence-corrected chi connectivity index (χ3v) is 3.33. The van der Waals surface area contributed by atoms with Crippen LogP contribution in [0, 0.1) is 6.92 Å². The second-order valence-corrected chi connectivity index (χ2v) is 4.82. The summed E-state index contributed by atoms with van der Waals surface area (Å²) in [6.45, 7) is 5.32. The average molecular weight is 219 g/mol. The molecule has 2 nitrogen and oxygen atoms in total. The van der Waals surface area contributed by atoms with Crippen LogP contribution in [-0.4, -0.2) is 23.1 Å². The van der Waals surface area contributed by atoms with Crippen molar-refractivity contribution in [3.05, 3.63) is 29.3 Å². The van der Waals surface area contributed by atoms with Gasteiger partial charge in [0.1, 0.15) is 5.75 Å². The lowest BCUT2D eigenvalue weighted by Crippen LogP contribution is -2.24. The van der Waals surface area contributed by atoms with Crippen LogP contribution in [0.3, 0.4) is 0 Å². The van der Waals surface area contributed by atoms with Gasteiger partial charge in [0.05, 0.1) is 0 Å². The Labute approximate surface area is 97.9 Å². The zero-order valence-corrected chi connectivity index (χ0v) is 10.1. The summed E-state index contributed by atoms with van der Waals surface area (Å²) in [5.41, 5.74) is 2.30. The molecule has 1 aliphatic rings. The molecule has 0 amide bonds. The first-order valence-electron chi connectivity index (χ1n) is 6.26. The predicted octanol–water partition coefficient (Wildman–Crippen LogP) is 3.08. The molecule has 2 rings (SSSR count). The molecule has 1 N–H and O–H groups in total. The van der Waals surface area contributed by atoms with Gasteiger partial charge in [-0.2, -0.15) is 0 Å². The number of rotatable bonds is 2. The molecule has 2 heteroatoms. The van der Waals surface area contributed by atoms with Gasteiger partial charge in [-0.1, -0.05) is 30.5 Å². The molecule has 0 spiro atoms. The number of hydrogen-bond acceptors (Lipinski definition) is 2. The molecule has 16 heavy (non-hydrogen) atoms. The van der Waals surface area contributed by atoms with Crippen LogP contribution in [0.1, 0.15) is 36.8 Å². The van der Waals surface area contributed by atoms with Crippen molar-refractivity contribution in [3.63, 3.8) is 0 Å². The topological polar surface area (TPSA) is 23.5 Å². The first kappa shape index (κ1) is 11.5. The summed E-state index contributed by atoms with van der Waals surface area (Å²) in [6.07, 6.45) is 5.31. The summed E-state index contributed by atoms with van der Waals surface area (Å²) in [7, 11) is 0. The van der Waals surface area contributed by atoms with Crippen molar-refractivity contribution in [3.8, 4) is 5.75 Å². The number of likely N-dealkylation sites (tertiary alicyclic amines) is 1. The predicted molar refractivity (Wildman–Crippen MR) is 66.6 cm³/mol. The van der Waals surface area contributed by atoms with Crippen molar-refractivity contribution in [1.29, 1.82) is 0 Å². The van der Waals surface area contributed by atoms with E-state index in [-0.39, 0.29) is 0 Å². The van der Waals surface area contributed by atoms with E-state index < -0.39 is 0 Å². The van der Waals surface area contributed by atoms with Gasteiger partial charge in [-0.25, -0.2) is 0 Å². The van der Waals surface area contributed by atoms with Crippen molar-refractivity contribution in [2.75, 3.05) is 13.1 Å². The second-order valence-electron chi connectivity index (χ2n) is 4.82. The van der Waals surface area contributed by atoms with Crippen molar-refractivity contribution in [2.45, 2.75) is 39.2 Å². The highest BCUT2D eigenvalue weighted by molar-refractivity contribution is 5.35. The maximum absolute atomic E-state index is 9.81. The summed E-state index contributed by atoms with van der Waals surface area (Å²) in [5, 5.41) is 9.81. The lowest BCUT2D eigenvalue weighted by Gasteiger charge is -2.20. The van der Waals surface area contributed by atoms with E-state index in [1.807, 2.05) is 12.1 Å². The quantitative estimate of drug-likeness (QED) is 0.826. The SMILES string of the molecule is Cc1ccc(O)c(CN2CCCCCC2)c1. The Morgan fingerprint density at radius 1 is 1.12 bits per heavy atom. The average Bonchev–Trinajstić information content (AvgIpc) is 2.52. The number of aryl methyl sites for hydroxylation is 1. The summed E-state index contributed by atoms with van der Waals surface area (Å²) in [4.78, 5) is 2.46. The maximum atomic E-state index is 9.81. The van der Waals surface area contributed by atoms with E-state index >= 15 is 0 Å². The third kappa shape index (κ3) is 2.99. The highest BCUT2D eigenvalue weighted by atomic mass is 16.3. The fraction of sp³-hybridized carbons (Fsp3) is 0.571. The lowest BCUT2D eigenvalue weighted by molar-refractivity contribution is 0.273. The summed E-state index contributed by atoms with van der Waals surface area (Å²) in [5.74, 6) is 0.440. The van der Waals surface area contributed by atoms with Gasteiger partial charge in [-0.3, -0.25) is 4.90 Å². The molecule has 1 saturated heterocycles. The molecular formula is C14H21NO. The van der Waals surface area contributed by atoms with E-state index in [9.17, 15) is 5.11 Å². The van der Waals surface area contributed by atoms with Gasteiger partial charge in [0.15, 0.2) is 0 Å². The third-order valence-electron chi connectivity index (χ3n) is 3.33. The van der Waals surface area contributed by atoms with Crippen LogP contribution in [0.25, 0.3) is 0 Å². The molecule has 0 radical (unpaired) electrons. The van der Waals surface area contributed by atoms with Crippen LogP contribution in [0.5, 0.6) is 5.75 Å². The monoisotopic (exact) mass is 219 g/mol. The Balaban J connectivity index is 2.04. The highest BCUT2D eigenvalue weighted by Crippen LogP contribution is 2.21. The van der Waals surface area contributed by atoms with Crippen molar-refractivity contribution >= 4 is 0 Å². The van der Waals surface area contributed by atoms with E-state index in [0.29, 0.717) is 5.75 Å². The molecule has 0 unspecified atom stereocenters. The van der Waals surface area contributed by atoms with Crippen molar-refractivity contribution in [2.24, 2.45) is 0 Å². The molecule has 88 valence electrons. The standard InChI is InChI=1S/C14H21NO/c1-12-6-7-14(16)13(10-12)11-15-8-4-2-3-5-9-15/h6-7,10,16H,2-5,8-9,11H2,1H3. The number of phenolic OH excluding ortho intramolecular Hbond substituents is 1. The fourth-order valence-corrected chi connectivity index (χ4v) is 2.38. The second kappa shape index (κ2) is 5.35. The van der Waals surface area contributed by atoms with Gasteiger partial charge < -0.3 is 5.11 Å². The Morgan fingerprint density at radius 2 is 1.81 bits per heavy atom. The fourth-order valence-electron chi connectivity index (χ4n) is 2.38. The van der Waals surface area contributed by atoms with Gasteiger partial charge in [0.25, 0.3) is 0 Å². The molecule has 0 bridgehead atoms. The first-order valence-corrected chi connectivity index (χ1v) is 6.26. The number of phenols is 1. The van der Waals surface area contributed by atoms with Gasteiger partial charge >= 0.3 is 0 Å². The summed E-state index contributed by atoms with van der Waals surface area (Å²) in [6, 6.07) is 5.87. The molecule has 1 heterocycles. The smallest absolute Gasteiger partial charge is 0.120 e. The van der Waals surface area contributed by atoms with Crippen LogP contribution >= 0.6 is 0 Å². The zero-order valence-electron chi connectivity index (χ0n) is 10.1. The molecule has 0 aromatic heterocycles. The van der Waals surface area contributed by atoms with Crippen LogP contribution in [0.4, 0.5) is 0 Å². The first-order chi connectivity index (χ1) is 7.75. The number of aromatic hydroxyl groups is 1. The van der Waals surface area contributed by atoms with E-state index in [1.165, 1.54) is 44.3 Å². The normalized spacial score (nSPS) is 18.3. The van der Waals surface area contributed by atoms with E-state index in [1.54, 1.807) is 0 Å². The minimum absolute atomic E-state index is 0.440. The van der Waals surface area contributed by atoms with Gasteiger partial charge in [0.2, 0.25) is 0 Å². The maximum Gasteiger partial charge on any atom is 0.120 e. The minimum Gasteiger partial charge on any atom is -0.508 e. The van der Waals surface area contributed by atoms with Crippen molar-refractivity contribution in [1.82, 2.24) is 4.90 Å². The van der Waals surface area contributed by atoms with E-state index in [0.717, 1.165) is 12.1 Å². The van der Waals surface area contributed by atoms with Crippen molar-refractivity contribution < 1.29 is 5.11 Å². The molecule has 1 aromatic carbocycles. The van der Waals surface area contributed by atoms with Gasteiger partial charge in [-0.05, 0) is 38.9 Å². The Morgan fingerprint density at radius 3 is 2.50 bits per heavy atom. The molecule has 0 aliphatic carbocycles. The van der Waals surface area contributed by atoms with Crippen LogP contribution < -0.4 is 0 Å². The molecule has 1 fully saturated rings. The molecule has 0 atom stereocenters. The van der Waals surface area contributed by atoms with E-state index in [2.05, 4.69) is 17.9 Å². The summed E-state index contributed by atoms with van der Waals surface area (Å²) >= 11 is 0. The van der Waals surface area contributed by atoms with Gasteiger partial charge in [-0.15, -0.1) is 0 Å². The largest absolute Gasteiger partial charge is 0.508 e. The van der Waals surface area contributed by atoms with Crippen LogP contribution in [0.15, 0.2) is 18.2 Å². The molecule has 1 aliphatic heterocycles. The highest BCUT2D eigenvalue weighted by Gasteiger charge is 2.11. The summed E-state index contributed by atoms with van der Waals surface area (Å²) < 4.78 is 0. The van der Waals surface area contributed by atoms with E-state index in [4.69, 9.17) is 0 Å². The molecular weight excluding hydrogens is 198 g/mol. The Bertz CT molecular complexity index is 341.